The van der Waals surface area contributed by atoms with Crippen LogP contribution >= 0.6 is 33.6 Å². The molecular weight excluding hydrogens is 341 g/mol. The molecule has 1 atom stereocenters. The van der Waals surface area contributed by atoms with Crippen LogP contribution in [0.25, 0.3) is 0 Å². The monoisotopic (exact) mass is 351 g/mol. The number of nitrogens with zero attached hydrogens (tertiary/aromatic N) is 1. The molecule has 0 aromatic carbocycles. The Balaban J connectivity index is 0.00000361. The first-order valence-corrected chi connectivity index (χ1v) is 8.48. The van der Waals surface area contributed by atoms with Gasteiger partial charge in [0, 0.05) is 17.8 Å². The molecule has 2 amide bonds. The number of hydrogen-bond donors (Lipinski definition) is 0. The zero-order valence-electron chi connectivity index (χ0n) is 10.7. The Labute approximate surface area is 149 Å². The second-order valence-electron chi connectivity index (χ2n) is 3.15. The topological polar surface area (TPSA) is 105 Å². The van der Waals surface area contributed by atoms with Gasteiger partial charge >= 0.3 is 35.5 Å². The molecule has 12 heteroatoms. The molecule has 0 aromatic heterocycles. The summed E-state index contributed by atoms with van der Waals surface area (Å²) in [5.74, 6) is -1.57. The fraction of sp³-hybridized carbons (Fsp3) is 0.625. The number of amides is 2. The van der Waals surface area contributed by atoms with Gasteiger partial charge in [0.05, 0.1) is 12.8 Å². The fourth-order valence-corrected chi connectivity index (χ4v) is 2.86. The van der Waals surface area contributed by atoms with Gasteiger partial charge in [-0.05, 0) is 6.26 Å². The molecule has 20 heavy (non-hydrogen) atoms. The summed E-state index contributed by atoms with van der Waals surface area (Å²) in [6.45, 7) is 0. The zero-order chi connectivity index (χ0) is 14.3. The van der Waals surface area contributed by atoms with Crippen molar-refractivity contribution >= 4 is 51.4 Å². The van der Waals surface area contributed by atoms with Crippen LogP contribution in [0.3, 0.4) is 0 Å². The van der Waals surface area contributed by atoms with E-state index in [1.165, 1.54) is 21.6 Å². The van der Waals surface area contributed by atoms with Gasteiger partial charge in [0.2, 0.25) is 0 Å². The van der Waals surface area contributed by atoms with Gasteiger partial charge in [-0.15, -0.1) is 5.06 Å². The third kappa shape index (κ3) is 6.54. The van der Waals surface area contributed by atoms with Crippen molar-refractivity contribution in [2.75, 3.05) is 12.0 Å². The van der Waals surface area contributed by atoms with E-state index >= 15 is 0 Å². The SMILES string of the molecule is CSSCCC(=O)ON1C(=O)CC(SOO[O-])C1=O.[Na+]. The van der Waals surface area contributed by atoms with Crippen molar-refractivity contribution in [3.05, 3.63) is 0 Å². The van der Waals surface area contributed by atoms with Crippen molar-refractivity contribution in [3.8, 4) is 0 Å². The molecule has 1 fully saturated rings. The van der Waals surface area contributed by atoms with Crippen molar-refractivity contribution in [1.29, 1.82) is 0 Å². The molecule has 0 radical (unpaired) electrons. The number of rotatable bonds is 8. The van der Waals surface area contributed by atoms with E-state index in [-0.39, 0.29) is 42.4 Å². The van der Waals surface area contributed by atoms with Crippen LogP contribution in [0, 0.1) is 0 Å². The van der Waals surface area contributed by atoms with Crippen LogP contribution in [0.2, 0.25) is 0 Å². The van der Waals surface area contributed by atoms with Crippen molar-refractivity contribution < 1.29 is 63.4 Å². The first kappa shape index (κ1) is 20.5. The molecule has 0 saturated carbocycles. The smallest absolute Gasteiger partial charge is 0.691 e. The molecule has 0 spiro atoms. The van der Waals surface area contributed by atoms with Crippen LogP contribution in [0.5, 0.6) is 0 Å². The minimum Gasteiger partial charge on any atom is -0.691 e. The number of hydrogen-bond acceptors (Lipinski definition) is 10. The minimum absolute atomic E-state index is 0. The summed E-state index contributed by atoms with van der Waals surface area (Å²) in [5, 5.41) is 12.2. The molecule has 1 rings (SSSR count). The number of imide groups is 1. The Hall–Kier alpha value is 0.540. The first-order valence-electron chi connectivity index (χ1n) is 4.95. The molecule has 0 bridgehead atoms. The van der Waals surface area contributed by atoms with Gasteiger partial charge in [-0.25, -0.2) is 4.79 Å². The molecule has 0 aliphatic carbocycles. The Bertz CT molecular complexity index is 359. The summed E-state index contributed by atoms with van der Waals surface area (Å²) in [4.78, 5) is 39.2. The molecule has 1 unspecified atom stereocenters. The van der Waals surface area contributed by atoms with Gasteiger partial charge < -0.3 is 10.1 Å². The largest absolute Gasteiger partial charge is 1.00 e. The van der Waals surface area contributed by atoms with E-state index in [2.05, 4.69) is 14.2 Å². The van der Waals surface area contributed by atoms with Crippen LogP contribution in [0.1, 0.15) is 12.8 Å². The third-order valence-electron chi connectivity index (χ3n) is 1.95. The van der Waals surface area contributed by atoms with Gasteiger partial charge in [-0.3, -0.25) is 14.6 Å². The van der Waals surface area contributed by atoms with Gasteiger partial charge in [0.15, 0.2) is 0 Å². The Kier molecular flexibility index (Phi) is 11.5. The molecular formula is C8H10NNaO7S3. The summed E-state index contributed by atoms with van der Waals surface area (Å²) in [7, 11) is 2.95. The zero-order valence-corrected chi connectivity index (χ0v) is 15.2. The van der Waals surface area contributed by atoms with E-state index in [4.69, 9.17) is 0 Å². The Morgan fingerprint density at radius 2 is 2.20 bits per heavy atom. The average Bonchev–Trinajstić information content (AvgIpc) is 2.64. The van der Waals surface area contributed by atoms with E-state index in [1.54, 1.807) is 0 Å². The van der Waals surface area contributed by atoms with Crippen molar-refractivity contribution in [1.82, 2.24) is 5.06 Å². The standard InChI is InChI=1S/C8H11NO7S3.Na/c1-17-18-3-2-7(11)14-9-6(10)4-5(8(9)12)19-16-15-13;/h5,13H,2-4H2,1H3;/q;+1/p-1. The van der Waals surface area contributed by atoms with Crippen LogP contribution in [0.15, 0.2) is 0 Å². The molecule has 0 aromatic rings. The Morgan fingerprint density at radius 1 is 1.50 bits per heavy atom. The number of carbonyl (C=O) groups excluding carboxylic acids is 3. The predicted molar refractivity (Wildman–Crippen MR) is 66.7 cm³/mol. The second kappa shape index (κ2) is 11.2. The minimum atomic E-state index is -0.949. The van der Waals surface area contributed by atoms with Crippen LogP contribution in [-0.2, 0) is 28.6 Å². The van der Waals surface area contributed by atoms with E-state index in [0.29, 0.717) is 22.9 Å². The van der Waals surface area contributed by atoms with Gasteiger partial charge in [-0.1, -0.05) is 21.6 Å². The second-order valence-corrected chi connectivity index (χ2v) is 6.74. The summed E-state index contributed by atoms with van der Waals surface area (Å²) >= 11 is 0.403. The van der Waals surface area contributed by atoms with Crippen molar-refractivity contribution in [3.63, 3.8) is 0 Å². The van der Waals surface area contributed by atoms with Crippen LogP contribution < -0.4 is 34.8 Å². The third-order valence-corrected chi connectivity index (χ3v) is 4.49. The number of hydroxylamine groups is 2. The predicted octanol–water partition coefficient (Wildman–Crippen LogP) is -3.15. The van der Waals surface area contributed by atoms with E-state index in [9.17, 15) is 19.6 Å². The molecule has 0 N–H and O–H groups in total. The molecule has 1 aliphatic heterocycles. The molecule has 1 saturated heterocycles. The van der Waals surface area contributed by atoms with Gasteiger partial charge in [0.1, 0.15) is 5.25 Å². The first-order chi connectivity index (χ1) is 9.10. The van der Waals surface area contributed by atoms with Gasteiger partial charge in [0.25, 0.3) is 11.8 Å². The maximum atomic E-state index is 11.6. The fourth-order valence-electron chi connectivity index (χ4n) is 1.17. The maximum Gasteiger partial charge on any atom is 1.00 e. The molecule has 1 heterocycles. The number of carbonyl (C=O) groups is 3. The Morgan fingerprint density at radius 3 is 2.80 bits per heavy atom. The summed E-state index contributed by atoms with van der Waals surface area (Å²) in [6, 6.07) is 0. The van der Waals surface area contributed by atoms with E-state index < -0.39 is 23.0 Å². The normalized spacial score (nSPS) is 18.1. The summed E-state index contributed by atoms with van der Waals surface area (Å²) < 4.78 is 3.98. The van der Waals surface area contributed by atoms with E-state index in [1.807, 2.05) is 6.26 Å². The van der Waals surface area contributed by atoms with Gasteiger partial charge in [-0.2, -0.15) is 4.33 Å². The summed E-state index contributed by atoms with van der Waals surface area (Å²) in [5.41, 5.74) is 0. The average molecular weight is 351 g/mol. The molecule has 1 aliphatic rings. The molecule has 108 valence electrons. The molecule has 8 nitrogen and oxygen atoms in total. The van der Waals surface area contributed by atoms with Crippen LogP contribution in [-0.4, -0.2) is 40.1 Å². The quantitative estimate of drug-likeness (QED) is 0.0846. The van der Waals surface area contributed by atoms with Crippen molar-refractivity contribution in [2.24, 2.45) is 0 Å². The maximum absolute atomic E-state index is 11.6. The summed E-state index contributed by atoms with van der Waals surface area (Å²) in [6.07, 6.45) is 1.73. The van der Waals surface area contributed by atoms with Crippen LogP contribution in [0.4, 0.5) is 0 Å². The van der Waals surface area contributed by atoms with E-state index in [0.717, 1.165) is 0 Å². The van der Waals surface area contributed by atoms with Crippen molar-refractivity contribution in [2.45, 2.75) is 18.1 Å².